The lowest BCUT2D eigenvalue weighted by Crippen LogP contribution is -2.42. The van der Waals surface area contributed by atoms with Gasteiger partial charge in [-0.2, -0.15) is 0 Å². The van der Waals surface area contributed by atoms with Crippen molar-refractivity contribution < 1.29 is 9.53 Å². The zero-order valence-corrected chi connectivity index (χ0v) is 18.4. The molecule has 1 N–H and O–H groups in total. The number of rotatable bonds is 5. The van der Waals surface area contributed by atoms with Gasteiger partial charge in [-0.05, 0) is 56.4 Å². The van der Waals surface area contributed by atoms with E-state index < -0.39 is 6.10 Å². The van der Waals surface area contributed by atoms with Crippen LogP contribution in [0.1, 0.15) is 50.1 Å². The summed E-state index contributed by atoms with van der Waals surface area (Å²) < 4.78 is 5.84. The molecule has 0 fully saturated rings. The van der Waals surface area contributed by atoms with Crippen molar-refractivity contribution in [2.45, 2.75) is 52.7 Å². The molecule has 0 saturated heterocycles. The fraction of sp³-hybridized carbons (Fsp3) is 0.360. The van der Waals surface area contributed by atoms with Crippen molar-refractivity contribution in [2.24, 2.45) is 5.41 Å². The second-order valence-electron chi connectivity index (χ2n) is 9.01. The summed E-state index contributed by atoms with van der Waals surface area (Å²) in [4.78, 5) is 26.4. The molecule has 0 spiro atoms. The molecule has 6 nitrogen and oxygen atoms in total. The van der Waals surface area contributed by atoms with Gasteiger partial charge in [0, 0.05) is 29.7 Å². The van der Waals surface area contributed by atoms with Gasteiger partial charge in [0.05, 0.1) is 11.7 Å². The molecule has 0 bridgehead atoms. The summed E-state index contributed by atoms with van der Waals surface area (Å²) in [6.07, 6.45) is 6.38. The van der Waals surface area contributed by atoms with Crippen LogP contribution in [0.3, 0.4) is 0 Å². The van der Waals surface area contributed by atoms with Gasteiger partial charge >= 0.3 is 0 Å². The highest BCUT2D eigenvalue weighted by molar-refractivity contribution is 5.81. The quantitative estimate of drug-likeness (QED) is 0.665. The Bertz CT molecular complexity index is 1060. The Morgan fingerprint density at radius 2 is 1.87 bits per heavy atom. The van der Waals surface area contributed by atoms with Crippen molar-refractivity contribution in [3.8, 4) is 17.1 Å². The number of fused-ring (bicyclic) bond motifs is 1. The molecule has 0 aliphatic heterocycles. The van der Waals surface area contributed by atoms with Crippen molar-refractivity contribution >= 4 is 5.91 Å². The van der Waals surface area contributed by atoms with E-state index in [1.165, 1.54) is 0 Å². The van der Waals surface area contributed by atoms with Gasteiger partial charge in [-0.15, -0.1) is 0 Å². The second-order valence-corrected chi connectivity index (χ2v) is 9.01. The molecule has 0 unspecified atom stereocenters. The number of aryl methyl sites for hydroxylation is 1. The molecule has 1 aromatic carbocycles. The fourth-order valence-corrected chi connectivity index (χ4v) is 3.98. The number of nitrogens with zero attached hydrogens (tertiary/aromatic N) is 3. The van der Waals surface area contributed by atoms with Gasteiger partial charge in [0.25, 0.3) is 5.91 Å². The molecule has 1 amide bonds. The van der Waals surface area contributed by atoms with E-state index in [9.17, 15) is 4.79 Å². The lowest BCUT2D eigenvalue weighted by molar-refractivity contribution is -0.128. The highest BCUT2D eigenvalue weighted by atomic mass is 16.5. The fourth-order valence-electron chi connectivity index (χ4n) is 3.98. The van der Waals surface area contributed by atoms with Gasteiger partial charge in [0.2, 0.25) is 0 Å². The highest BCUT2D eigenvalue weighted by Crippen LogP contribution is 2.40. The van der Waals surface area contributed by atoms with E-state index in [0.717, 1.165) is 35.2 Å². The van der Waals surface area contributed by atoms with Crippen LogP contribution in [-0.2, 0) is 11.2 Å². The zero-order chi connectivity index (χ0) is 22.0. The summed E-state index contributed by atoms with van der Waals surface area (Å²) >= 11 is 0. The van der Waals surface area contributed by atoms with Gasteiger partial charge < -0.3 is 10.1 Å². The minimum absolute atomic E-state index is 0.00979. The maximum absolute atomic E-state index is 12.9. The first-order valence-electron chi connectivity index (χ1n) is 10.6. The number of nitrogens with one attached hydrogen (secondary N) is 1. The summed E-state index contributed by atoms with van der Waals surface area (Å²) in [7, 11) is 0. The molecule has 2 atom stereocenters. The standard InChI is InChI=1S/C25H28N4O2/c1-16-5-7-19(8-6-16)31-17(2)24(30)29-22-14-25(3,4)13-21-20(22)15-27-23(28-21)18-9-11-26-12-10-18/h5-12,15,17,22H,13-14H2,1-4H3,(H,29,30)/t17-,22+/m1/s1. The van der Waals surface area contributed by atoms with Gasteiger partial charge in [-0.3, -0.25) is 9.78 Å². The Balaban J connectivity index is 1.53. The van der Waals surface area contributed by atoms with E-state index in [0.29, 0.717) is 11.6 Å². The first-order valence-corrected chi connectivity index (χ1v) is 10.6. The maximum Gasteiger partial charge on any atom is 0.261 e. The topological polar surface area (TPSA) is 77.0 Å². The average Bonchev–Trinajstić information content (AvgIpc) is 2.74. The minimum atomic E-state index is -0.604. The van der Waals surface area contributed by atoms with Crippen molar-refractivity contribution in [1.29, 1.82) is 0 Å². The van der Waals surface area contributed by atoms with E-state index in [4.69, 9.17) is 9.72 Å². The van der Waals surface area contributed by atoms with Crippen LogP contribution in [0.15, 0.2) is 55.0 Å². The summed E-state index contributed by atoms with van der Waals surface area (Å²) in [5.41, 5.74) is 4.05. The van der Waals surface area contributed by atoms with Crippen LogP contribution in [0.2, 0.25) is 0 Å². The first kappa shape index (κ1) is 21.0. The van der Waals surface area contributed by atoms with Gasteiger partial charge in [0.15, 0.2) is 11.9 Å². The predicted octanol–water partition coefficient (Wildman–Crippen LogP) is 4.44. The number of benzene rings is 1. The van der Waals surface area contributed by atoms with E-state index in [1.54, 1.807) is 19.3 Å². The molecule has 3 aromatic rings. The molecule has 1 aliphatic rings. The third kappa shape index (κ3) is 4.90. The summed E-state index contributed by atoms with van der Waals surface area (Å²) in [6.45, 7) is 8.20. The maximum atomic E-state index is 12.9. The number of aromatic nitrogens is 3. The molecule has 31 heavy (non-hydrogen) atoms. The van der Waals surface area contributed by atoms with Crippen LogP contribution < -0.4 is 10.1 Å². The Labute approximate surface area is 183 Å². The average molecular weight is 417 g/mol. The third-order valence-corrected chi connectivity index (χ3v) is 5.64. The van der Waals surface area contributed by atoms with Crippen LogP contribution in [0, 0.1) is 12.3 Å². The van der Waals surface area contributed by atoms with Crippen LogP contribution in [0.4, 0.5) is 0 Å². The first-order chi connectivity index (χ1) is 14.8. The van der Waals surface area contributed by atoms with Crippen LogP contribution in [0.5, 0.6) is 5.75 Å². The number of hydrogen-bond donors (Lipinski definition) is 1. The Kier molecular flexibility index (Phi) is 5.72. The highest BCUT2D eigenvalue weighted by Gasteiger charge is 2.35. The van der Waals surface area contributed by atoms with E-state index in [2.05, 4.69) is 29.1 Å². The monoisotopic (exact) mass is 416 g/mol. The molecule has 0 radical (unpaired) electrons. The van der Waals surface area contributed by atoms with Crippen molar-refractivity contribution in [2.75, 3.05) is 0 Å². The van der Waals surface area contributed by atoms with E-state index in [-0.39, 0.29) is 17.4 Å². The summed E-state index contributed by atoms with van der Waals surface area (Å²) in [5.74, 6) is 1.22. The number of carbonyl (C=O) groups excluding carboxylic acids is 1. The Hall–Kier alpha value is -3.28. The largest absolute Gasteiger partial charge is 0.481 e. The SMILES string of the molecule is Cc1ccc(O[C@H](C)C(=O)N[C@H]2CC(C)(C)Cc3nc(-c4ccncc4)ncc32)cc1. The number of ether oxygens (including phenoxy) is 1. The molecule has 1 aliphatic carbocycles. The lowest BCUT2D eigenvalue weighted by Gasteiger charge is -2.37. The van der Waals surface area contributed by atoms with Crippen LogP contribution >= 0.6 is 0 Å². The van der Waals surface area contributed by atoms with Crippen LogP contribution in [0.25, 0.3) is 11.4 Å². The predicted molar refractivity (Wildman–Crippen MR) is 120 cm³/mol. The second kappa shape index (κ2) is 8.46. The van der Waals surface area contributed by atoms with Crippen molar-refractivity contribution in [1.82, 2.24) is 20.3 Å². The summed E-state index contributed by atoms with van der Waals surface area (Å²) in [6, 6.07) is 11.4. The van der Waals surface area contributed by atoms with Gasteiger partial charge in [-0.25, -0.2) is 9.97 Å². The summed E-state index contributed by atoms with van der Waals surface area (Å²) in [5, 5.41) is 3.17. The Morgan fingerprint density at radius 1 is 1.16 bits per heavy atom. The van der Waals surface area contributed by atoms with Crippen LogP contribution in [-0.4, -0.2) is 27.0 Å². The molecule has 2 aromatic heterocycles. The van der Waals surface area contributed by atoms with Gasteiger partial charge in [0.1, 0.15) is 5.75 Å². The van der Waals surface area contributed by atoms with Crippen molar-refractivity contribution in [3.05, 3.63) is 71.8 Å². The number of hydrogen-bond acceptors (Lipinski definition) is 5. The number of carbonyl (C=O) groups is 1. The molecule has 6 heteroatoms. The number of pyridine rings is 1. The lowest BCUT2D eigenvalue weighted by atomic mass is 9.74. The van der Waals surface area contributed by atoms with Gasteiger partial charge in [-0.1, -0.05) is 31.5 Å². The minimum Gasteiger partial charge on any atom is -0.481 e. The molecular weight excluding hydrogens is 388 g/mol. The Morgan fingerprint density at radius 3 is 2.58 bits per heavy atom. The van der Waals surface area contributed by atoms with E-state index in [1.807, 2.05) is 49.5 Å². The zero-order valence-electron chi connectivity index (χ0n) is 18.4. The van der Waals surface area contributed by atoms with Crippen molar-refractivity contribution in [3.63, 3.8) is 0 Å². The molecular formula is C25H28N4O2. The molecule has 4 rings (SSSR count). The van der Waals surface area contributed by atoms with E-state index >= 15 is 0 Å². The molecule has 160 valence electrons. The normalized spacial score (nSPS) is 18.0. The molecule has 2 heterocycles. The smallest absolute Gasteiger partial charge is 0.261 e. The third-order valence-electron chi connectivity index (χ3n) is 5.64. The number of amides is 1. The molecule has 0 saturated carbocycles.